The highest BCUT2D eigenvalue weighted by molar-refractivity contribution is 6.04. The number of nitrogens with one attached hydrogen (secondary N) is 1. The molecule has 2 aromatic carbocycles. The molecule has 0 spiro atoms. The van der Waals surface area contributed by atoms with Gasteiger partial charge < -0.3 is 10.1 Å². The highest BCUT2D eigenvalue weighted by Gasteiger charge is 2.14. The maximum absolute atomic E-state index is 12.6. The summed E-state index contributed by atoms with van der Waals surface area (Å²) in [6.45, 7) is 3.21. The number of ether oxygens (including phenoxy) is 1. The maximum atomic E-state index is 12.6. The van der Waals surface area contributed by atoms with Crippen molar-refractivity contribution in [1.82, 2.24) is 9.88 Å². The normalized spacial score (nSPS) is 13.8. The standard InChI is InChI=1S/C26H28N4O3/c1-29(23-8-4-2-5-9-23)26(32)33-24-15-14-22(18-27-24)28-25(31)21-12-10-20(11-13-21)19-30-16-6-3-7-17-30/h2,4-5,8-15,18H,3,6-7,16-17,19H2,1H3,(H,28,31). The van der Waals surface area contributed by atoms with Crippen LogP contribution in [0.4, 0.5) is 16.2 Å². The first kappa shape index (κ1) is 22.5. The molecule has 1 saturated heterocycles. The maximum Gasteiger partial charge on any atom is 0.420 e. The van der Waals surface area contributed by atoms with E-state index < -0.39 is 6.09 Å². The summed E-state index contributed by atoms with van der Waals surface area (Å²) in [6.07, 6.45) is 4.76. The van der Waals surface area contributed by atoms with Gasteiger partial charge in [-0.05, 0) is 61.8 Å². The number of amides is 2. The average molecular weight is 445 g/mol. The van der Waals surface area contributed by atoms with Gasteiger partial charge in [0.2, 0.25) is 5.88 Å². The zero-order chi connectivity index (χ0) is 23.0. The van der Waals surface area contributed by atoms with Gasteiger partial charge in [-0.15, -0.1) is 0 Å². The molecule has 0 aliphatic carbocycles. The first-order chi connectivity index (χ1) is 16.1. The molecule has 170 valence electrons. The SMILES string of the molecule is CN(C(=O)Oc1ccc(NC(=O)c2ccc(CN3CCCCC3)cc2)cn1)c1ccccc1. The van der Waals surface area contributed by atoms with Crippen LogP contribution < -0.4 is 15.0 Å². The van der Waals surface area contributed by atoms with E-state index in [0.29, 0.717) is 16.9 Å². The van der Waals surface area contributed by atoms with E-state index >= 15 is 0 Å². The number of nitrogens with zero attached hydrogens (tertiary/aromatic N) is 3. The van der Waals surface area contributed by atoms with E-state index in [2.05, 4.69) is 15.2 Å². The van der Waals surface area contributed by atoms with Crippen molar-refractivity contribution in [3.8, 4) is 5.88 Å². The quantitative estimate of drug-likeness (QED) is 0.582. The van der Waals surface area contributed by atoms with Gasteiger partial charge >= 0.3 is 6.09 Å². The summed E-state index contributed by atoms with van der Waals surface area (Å²) < 4.78 is 5.31. The van der Waals surface area contributed by atoms with Gasteiger partial charge in [-0.2, -0.15) is 0 Å². The monoisotopic (exact) mass is 444 g/mol. The predicted octanol–water partition coefficient (Wildman–Crippen LogP) is 4.96. The Bertz CT molecular complexity index is 1060. The molecule has 7 nitrogen and oxygen atoms in total. The molecule has 1 N–H and O–H groups in total. The van der Waals surface area contributed by atoms with E-state index in [1.165, 1.54) is 35.9 Å². The molecule has 0 unspecified atom stereocenters. The summed E-state index contributed by atoms with van der Waals surface area (Å²) >= 11 is 0. The van der Waals surface area contributed by atoms with E-state index in [1.807, 2.05) is 54.6 Å². The lowest BCUT2D eigenvalue weighted by Gasteiger charge is -2.26. The molecule has 1 aliphatic heterocycles. The number of pyridine rings is 1. The second-order valence-corrected chi connectivity index (χ2v) is 8.14. The molecule has 1 fully saturated rings. The van der Waals surface area contributed by atoms with E-state index in [9.17, 15) is 9.59 Å². The van der Waals surface area contributed by atoms with Gasteiger partial charge in [0.1, 0.15) is 0 Å². The summed E-state index contributed by atoms with van der Waals surface area (Å²) in [5.41, 5.74) is 3.03. The molecule has 33 heavy (non-hydrogen) atoms. The van der Waals surface area contributed by atoms with E-state index in [1.54, 1.807) is 19.2 Å². The molecule has 0 saturated carbocycles. The number of likely N-dealkylation sites (tertiary alicyclic amines) is 1. The van der Waals surface area contributed by atoms with Crippen LogP contribution in [0.15, 0.2) is 72.9 Å². The van der Waals surface area contributed by atoms with Gasteiger partial charge in [-0.1, -0.05) is 36.8 Å². The Kier molecular flexibility index (Phi) is 7.32. The topological polar surface area (TPSA) is 74.8 Å². The Balaban J connectivity index is 1.30. The number of anilines is 2. The van der Waals surface area contributed by atoms with Crippen molar-refractivity contribution in [3.63, 3.8) is 0 Å². The van der Waals surface area contributed by atoms with Gasteiger partial charge in [0.05, 0.1) is 11.9 Å². The number of carbonyl (C=O) groups excluding carboxylic acids is 2. The van der Waals surface area contributed by atoms with Crippen molar-refractivity contribution in [3.05, 3.63) is 84.1 Å². The van der Waals surface area contributed by atoms with Gasteiger partial charge in [-0.25, -0.2) is 9.78 Å². The lowest BCUT2D eigenvalue weighted by molar-refractivity contribution is 0.102. The van der Waals surface area contributed by atoms with Crippen LogP contribution in [-0.4, -0.2) is 42.0 Å². The molecule has 0 bridgehead atoms. The Labute approximate surface area is 194 Å². The van der Waals surface area contributed by atoms with Crippen molar-refractivity contribution in [2.45, 2.75) is 25.8 Å². The van der Waals surface area contributed by atoms with Crippen LogP contribution >= 0.6 is 0 Å². The summed E-state index contributed by atoms with van der Waals surface area (Å²) in [5, 5.41) is 2.83. The molecule has 0 radical (unpaired) electrons. The van der Waals surface area contributed by atoms with E-state index in [4.69, 9.17) is 4.74 Å². The number of hydrogen-bond acceptors (Lipinski definition) is 5. The van der Waals surface area contributed by atoms with Crippen LogP contribution in [0.25, 0.3) is 0 Å². The molecule has 1 aromatic heterocycles. The first-order valence-electron chi connectivity index (χ1n) is 11.2. The predicted molar refractivity (Wildman–Crippen MR) is 129 cm³/mol. The molecular formula is C26H28N4O3. The number of para-hydroxylation sites is 1. The third-order valence-corrected chi connectivity index (χ3v) is 5.67. The van der Waals surface area contributed by atoms with Crippen molar-refractivity contribution < 1.29 is 14.3 Å². The minimum Gasteiger partial charge on any atom is -0.391 e. The third kappa shape index (κ3) is 6.17. The van der Waals surface area contributed by atoms with Crippen LogP contribution in [0.5, 0.6) is 5.88 Å². The second-order valence-electron chi connectivity index (χ2n) is 8.14. The molecule has 2 heterocycles. The lowest BCUT2D eigenvalue weighted by atomic mass is 10.1. The highest BCUT2D eigenvalue weighted by atomic mass is 16.6. The number of rotatable bonds is 6. The number of benzene rings is 2. The van der Waals surface area contributed by atoms with Gasteiger partial charge in [0, 0.05) is 30.9 Å². The molecular weight excluding hydrogens is 416 g/mol. The lowest BCUT2D eigenvalue weighted by Crippen LogP contribution is -2.29. The highest BCUT2D eigenvalue weighted by Crippen LogP contribution is 2.17. The first-order valence-corrected chi connectivity index (χ1v) is 11.2. The van der Waals surface area contributed by atoms with Crippen molar-refractivity contribution in [1.29, 1.82) is 0 Å². The smallest absolute Gasteiger partial charge is 0.391 e. The average Bonchev–Trinajstić information content (AvgIpc) is 2.86. The van der Waals surface area contributed by atoms with Gasteiger partial charge in [0.15, 0.2) is 0 Å². The molecule has 1 aliphatic rings. The summed E-state index contributed by atoms with van der Waals surface area (Å²) in [6, 6.07) is 20.1. The summed E-state index contributed by atoms with van der Waals surface area (Å²) in [7, 11) is 1.63. The van der Waals surface area contributed by atoms with Crippen molar-refractivity contribution >= 4 is 23.4 Å². The minimum atomic E-state index is -0.546. The molecule has 4 rings (SSSR count). The number of piperidine rings is 1. The fraction of sp³-hybridized carbons (Fsp3) is 0.269. The zero-order valence-electron chi connectivity index (χ0n) is 18.7. The molecule has 3 aromatic rings. The van der Waals surface area contributed by atoms with Crippen molar-refractivity contribution in [2.75, 3.05) is 30.4 Å². The van der Waals surface area contributed by atoms with Crippen LogP contribution in [0.1, 0.15) is 35.2 Å². The van der Waals surface area contributed by atoms with Gasteiger partial charge in [0.25, 0.3) is 5.91 Å². The van der Waals surface area contributed by atoms with Crippen molar-refractivity contribution in [2.24, 2.45) is 0 Å². The fourth-order valence-corrected chi connectivity index (χ4v) is 3.77. The Hall–Kier alpha value is -3.71. The van der Waals surface area contributed by atoms with Crippen LogP contribution in [-0.2, 0) is 6.54 Å². The third-order valence-electron chi connectivity index (χ3n) is 5.67. The number of carbonyl (C=O) groups is 2. The van der Waals surface area contributed by atoms with Crippen LogP contribution in [0.2, 0.25) is 0 Å². The molecule has 2 amide bonds. The van der Waals surface area contributed by atoms with Crippen LogP contribution in [0, 0.1) is 0 Å². The van der Waals surface area contributed by atoms with E-state index in [-0.39, 0.29) is 11.8 Å². The number of hydrogen-bond donors (Lipinski definition) is 1. The molecule has 0 atom stereocenters. The minimum absolute atomic E-state index is 0.155. The Morgan fingerprint density at radius 3 is 2.36 bits per heavy atom. The largest absolute Gasteiger partial charge is 0.420 e. The number of aromatic nitrogens is 1. The Morgan fingerprint density at radius 1 is 0.970 bits per heavy atom. The summed E-state index contributed by atoms with van der Waals surface area (Å²) in [5.74, 6) is -0.0577. The van der Waals surface area contributed by atoms with E-state index in [0.717, 1.165) is 19.6 Å². The zero-order valence-corrected chi connectivity index (χ0v) is 18.7. The summed E-state index contributed by atoms with van der Waals surface area (Å²) in [4.78, 5) is 32.9. The van der Waals surface area contributed by atoms with Crippen LogP contribution in [0.3, 0.4) is 0 Å². The van der Waals surface area contributed by atoms with Gasteiger partial charge in [-0.3, -0.25) is 14.6 Å². The second kappa shape index (κ2) is 10.7. The fourth-order valence-electron chi connectivity index (χ4n) is 3.77. The molecule has 7 heteroatoms. The Morgan fingerprint density at radius 2 is 1.70 bits per heavy atom.